The summed E-state index contributed by atoms with van der Waals surface area (Å²) in [6.45, 7) is 5.16. The molecule has 1 amide bonds. The monoisotopic (exact) mass is 306 g/mol. The maximum Gasteiger partial charge on any atom is 0.246 e. The number of ether oxygens (including phenoxy) is 2. The quantitative estimate of drug-likeness (QED) is 0.749. The number of rotatable bonds is 8. The fraction of sp³-hybridized carbons (Fsp3) is 0.471. The third-order valence-corrected chi connectivity index (χ3v) is 3.45. The molecule has 1 aromatic rings. The zero-order valence-corrected chi connectivity index (χ0v) is 13.8. The molecule has 0 spiro atoms. The molecule has 5 nitrogen and oxygen atoms in total. The van der Waals surface area contributed by atoms with E-state index in [4.69, 9.17) is 15.2 Å². The lowest BCUT2D eigenvalue weighted by molar-refractivity contribution is -0.127. The highest BCUT2D eigenvalue weighted by molar-refractivity contribution is 5.92. The van der Waals surface area contributed by atoms with Crippen molar-refractivity contribution in [3.63, 3.8) is 0 Å². The van der Waals surface area contributed by atoms with Gasteiger partial charge in [0.25, 0.3) is 0 Å². The van der Waals surface area contributed by atoms with E-state index < -0.39 is 0 Å². The molecule has 2 N–H and O–H groups in total. The van der Waals surface area contributed by atoms with Crippen LogP contribution in [0.4, 0.5) is 0 Å². The highest BCUT2D eigenvalue weighted by Gasteiger charge is 2.15. The van der Waals surface area contributed by atoms with Crippen molar-refractivity contribution in [1.29, 1.82) is 0 Å². The van der Waals surface area contributed by atoms with Gasteiger partial charge in [-0.2, -0.15) is 0 Å². The average Bonchev–Trinajstić information content (AvgIpc) is 2.56. The summed E-state index contributed by atoms with van der Waals surface area (Å²) in [5, 5.41) is 0. The first-order chi connectivity index (χ1) is 10.6. The Hall–Kier alpha value is -2.01. The molecule has 0 aliphatic heterocycles. The van der Waals surface area contributed by atoms with Crippen LogP contribution in [0.5, 0.6) is 11.5 Å². The van der Waals surface area contributed by atoms with Gasteiger partial charge < -0.3 is 20.1 Å². The Kier molecular flexibility index (Phi) is 7.46. The van der Waals surface area contributed by atoms with Crippen molar-refractivity contribution in [2.24, 2.45) is 5.73 Å². The van der Waals surface area contributed by atoms with Crippen LogP contribution in [0.25, 0.3) is 6.08 Å². The van der Waals surface area contributed by atoms with Gasteiger partial charge in [-0.1, -0.05) is 13.0 Å². The Balaban J connectivity index is 2.87. The molecule has 0 bridgehead atoms. The fourth-order valence-corrected chi connectivity index (χ4v) is 2.14. The second-order valence-corrected chi connectivity index (χ2v) is 5.06. The lowest BCUT2D eigenvalue weighted by Gasteiger charge is -2.26. The van der Waals surface area contributed by atoms with Crippen LogP contribution < -0.4 is 15.2 Å². The molecule has 1 unspecified atom stereocenters. The van der Waals surface area contributed by atoms with Crippen LogP contribution in [0.3, 0.4) is 0 Å². The Labute approximate surface area is 132 Å². The third kappa shape index (κ3) is 4.77. The largest absolute Gasteiger partial charge is 0.493 e. The molecule has 0 saturated heterocycles. The summed E-state index contributed by atoms with van der Waals surface area (Å²) in [6.07, 6.45) is 4.25. The van der Waals surface area contributed by atoms with E-state index in [-0.39, 0.29) is 11.9 Å². The average molecular weight is 306 g/mol. The maximum atomic E-state index is 12.3. The first-order valence-electron chi connectivity index (χ1n) is 7.48. The van der Waals surface area contributed by atoms with Crippen molar-refractivity contribution in [2.75, 3.05) is 27.3 Å². The molecule has 5 heteroatoms. The number of nitrogens with zero attached hydrogens (tertiary/aromatic N) is 1. The van der Waals surface area contributed by atoms with Crippen molar-refractivity contribution in [3.8, 4) is 11.5 Å². The second kappa shape index (κ2) is 9.10. The van der Waals surface area contributed by atoms with Crippen LogP contribution in [-0.4, -0.2) is 44.2 Å². The number of carbonyl (C=O) groups is 1. The summed E-state index contributed by atoms with van der Waals surface area (Å²) in [5.41, 5.74) is 6.55. The van der Waals surface area contributed by atoms with Gasteiger partial charge in [-0.3, -0.25) is 4.79 Å². The van der Waals surface area contributed by atoms with Gasteiger partial charge >= 0.3 is 0 Å². The van der Waals surface area contributed by atoms with E-state index >= 15 is 0 Å². The van der Waals surface area contributed by atoms with Crippen LogP contribution in [0.15, 0.2) is 24.3 Å². The number of amides is 1. The Morgan fingerprint density at radius 1 is 1.32 bits per heavy atom. The van der Waals surface area contributed by atoms with Crippen molar-refractivity contribution in [3.05, 3.63) is 29.8 Å². The lowest BCUT2D eigenvalue weighted by Crippen LogP contribution is -2.42. The highest BCUT2D eigenvalue weighted by atomic mass is 16.5. The molecule has 0 saturated carbocycles. The zero-order chi connectivity index (χ0) is 16.5. The molecule has 122 valence electrons. The molecule has 1 aromatic carbocycles. The predicted octanol–water partition coefficient (Wildman–Crippen LogP) is 2.30. The molecular formula is C17H26N2O3. The first-order valence-corrected chi connectivity index (χ1v) is 7.48. The zero-order valence-electron chi connectivity index (χ0n) is 13.8. The molecule has 0 aliphatic carbocycles. The number of hydrogen-bond donors (Lipinski definition) is 1. The summed E-state index contributed by atoms with van der Waals surface area (Å²) in [5.74, 6) is 1.27. The standard InChI is InChI=1S/C17H26N2O3/c1-5-10-19(13(2)12-18)17(20)9-7-14-6-8-15(21-3)16(11-14)22-4/h6-9,11,13H,5,10,12,18H2,1-4H3/b9-7+. The van der Waals surface area contributed by atoms with E-state index in [1.54, 1.807) is 31.3 Å². The van der Waals surface area contributed by atoms with E-state index in [0.29, 0.717) is 24.6 Å². The number of methoxy groups -OCH3 is 2. The van der Waals surface area contributed by atoms with Crippen molar-refractivity contribution in [1.82, 2.24) is 4.90 Å². The SMILES string of the molecule is CCCN(C(=O)/C=C/c1ccc(OC)c(OC)c1)C(C)CN. The van der Waals surface area contributed by atoms with Gasteiger partial charge in [0, 0.05) is 25.2 Å². The second-order valence-electron chi connectivity index (χ2n) is 5.06. The molecule has 0 aromatic heterocycles. The molecule has 0 aliphatic rings. The van der Waals surface area contributed by atoms with Crippen LogP contribution in [0.1, 0.15) is 25.8 Å². The topological polar surface area (TPSA) is 64.8 Å². The molecule has 1 rings (SSSR count). The van der Waals surface area contributed by atoms with Crippen molar-refractivity contribution in [2.45, 2.75) is 26.3 Å². The van der Waals surface area contributed by atoms with E-state index in [0.717, 1.165) is 12.0 Å². The molecule has 1 atom stereocenters. The van der Waals surface area contributed by atoms with E-state index in [1.165, 1.54) is 0 Å². The van der Waals surface area contributed by atoms with E-state index in [1.807, 2.05) is 32.0 Å². The minimum Gasteiger partial charge on any atom is -0.493 e. The number of benzene rings is 1. The Morgan fingerprint density at radius 2 is 2.00 bits per heavy atom. The lowest BCUT2D eigenvalue weighted by atomic mass is 10.1. The van der Waals surface area contributed by atoms with Crippen LogP contribution in [-0.2, 0) is 4.79 Å². The van der Waals surface area contributed by atoms with Gasteiger partial charge in [0.2, 0.25) is 5.91 Å². The Morgan fingerprint density at radius 3 is 2.55 bits per heavy atom. The van der Waals surface area contributed by atoms with Gasteiger partial charge in [-0.25, -0.2) is 0 Å². The minimum atomic E-state index is -0.0328. The minimum absolute atomic E-state index is 0.0301. The van der Waals surface area contributed by atoms with Gasteiger partial charge in [0.15, 0.2) is 11.5 Å². The van der Waals surface area contributed by atoms with Gasteiger partial charge in [-0.05, 0) is 37.1 Å². The normalized spacial score (nSPS) is 12.2. The van der Waals surface area contributed by atoms with Crippen LogP contribution in [0.2, 0.25) is 0 Å². The summed E-state index contributed by atoms with van der Waals surface area (Å²) in [4.78, 5) is 14.1. The van der Waals surface area contributed by atoms with Crippen LogP contribution >= 0.6 is 0 Å². The summed E-state index contributed by atoms with van der Waals surface area (Å²) in [7, 11) is 3.18. The molecule has 0 fully saturated rings. The predicted molar refractivity (Wildman–Crippen MR) is 89.1 cm³/mol. The van der Waals surface area contributed by atoms with Gasteiger partial charge in [-0.15, -0.1) is 0 Å². The smallest absolute Gasteiger partial charge is 0.246 e. The molecule has 0 heterocycles. The molecule has 0 radical (unpaired) electrons. The summed E-state index contributed by atoms with van der Waals surface area (Å²) in [6, 6.07) is 5.55. The number of nitrogens with two attached hydrogens (primary N) is 1. The number of carbonyl (C=O) groups excluding carboxylic acids is 1. The first kappa shape index (κ1) is 18.0. The summed E-state index contributed by atoms with van der Waals surface area (Å²) >= 11 is 0. The molecular weight excluding hydrogens is 280 g/mol. The van der Waals surface area contributed by atoms with Gasteiger partial charge in [0.05, 0.1) is 14.2 Å². The maximum absolute atomic E-state index is 12.3. The van der Waals surface area contributed by atoms with E-state index in [9.17, 15) is 4.79 Å². The van der Waals surface area contributed by atoms with Crippen LogP contribution in [0, 0.1) is 0 Å². The van der Waals surface area contributed by atoms with E-state index in [2.05, 4.69) is 0 Å². The third-order valence-electron chi connectivity index (χ3n) is 3.45. The van der Waals surface area contributed by atoms with Gasteiger partial charge in [0.1, 0.15) is 0 Å². The number of hydrogen-bond acceptors (Lipinski definition) is 4. The highest BCUT2D eigenvalue weighted by Crippen LogP contribution is 2.27. The summed E-state index contributed by atoms with van der Waals surface area (Å²) < 4.78 is 10.4. The molecule has 22 heavy (non-hydrogen) atoms. The Bertz CT molecular complexity index is 515. The van der Waals surface area contributed by atoms with Crippen molar-refractivity contribution >= 4 is 12.0 Å². The van der Waals surface area contributed by atoms with Crippen molar-refractivity contribution < 1.29 is 14.3 Å². The fourth-order valence-electron chi connectivity index (χ4n) is 2.14.